The van der Waals surface area contributed by atoms with Gasteiger partial charge in [0.25, 0.3) is 5.91 Å². The molecule has 0 radical (unpaired) electrons. The van der Waals surface area contributed by atoms with Gasteiger partial charge in [0.1, 0.15) is 6.54 Å². The molecule has 0 spiro atoms. The number of rotatable bonds is 5. The lowest BCUT2D eigenvalue weighted by atomic mass is 10.1. The molecular formula is C23H30N3O3S+. The van der Waals surface area contributed by atoms with Crippen molar-refractivity contribution in [2.24, 2.45) is 0 Å². The molecule has 30 heavy (non-hydrogen) atoms. The minimum Gasteiger partial charge on any atom is -0.328 e. The maximum Gasteiger partial charge on any atom is 0.254 e. The monoisotopic (exact) mass is 428 g/mol. The van der Waals surface area contributed by atoms with E-state index in [1.54, 1.807) is 28.6 Å². The second-order valence-electron chi connectivity index (χ2n) is 8.20. The number of amides is 1. The fourth-order valence-electron chi connectivity index (χ4n) is 4.31. The van der Waals surface area contributed by atoms with Crippen molar-refractivity contribution in [3.8, 4) is 0 Å². The van der Waals surface area contributed by atoms with Crippen LogP contribution < -0.4 is 4.90 Å². The van der Waals surface area contributed by atoms with E-state index in [0.29, 0.717) is 31.7 Å². The third-order valence-electron chi connectivity index (χ3n) is 6.09. The summed E-state index contributed by atoms with van der Waals surface area (Å²) in [5, 5.41) is 0. The maximum atomic E-state index is 13.0. The number of hydrogen-bond donors (Lipinski definition) is 1. The fraction of sp³-hybridized carbons (Fsp3) is 0.435. The van der Waals surface area contributed by atoms with Gasteiger partial charge in [-0.15, -0.1) is 0 Å². The normalized spacial score (nSPS) is 19.0. The molecular weight excluding hydrogens is 398 g/mol. The van der Waals surface area contributed by atoms with E-state index in [2.05, 4.69) is 24.3 Å². The average molecular weight is 429 g/mol. The first kappa shape index (κ1) is 21.0. The summed E-state index contributed by atoms with van der Waals surface area (Å²) >= 11 is 0. The highest BCUT2D eigenvalue weighted by atomic mass is 32.2. The smallest absolute Gasteiger partial charge is 0.254 e. The Kier molecular flexibility index (Phi) is 6.51. The fourth-order valence-corrected chi connectivity index (χ4v) is 5.88. The van der Waals surface area contributed by atoms with E-state index >= 15 is 0 Å². The molecule has 2 fully saturated rings. The molecule has 2 aliphatic rings. The SMILES string of the molecule is O=C(c1cccc(S(=O)(=O)N2CCCCC2)c1)N1CC[NH+](Cc2ccccc2)CC1. The van der Waals surface area contributed by atoms with Gasteiger partial charge in [0.2, 0.25) is 10.0 Å². The largest absolute Gasteiger partial charge is 0.328 e. The summed E-state index contributed by atoms with van der Waals surface area (Å²) in [5.41, 5.74) is 1.77. The zero-order valence-corrected chi connectivity index (χ0v) is 18.1. The highest BCUT2D eigenvalue weighted by Gasteiger charge is 2.28. The third-order valence-corrected chi connectivity index (χ3v) is 7.98. The Balaban J connectivity index is 1.40. The number of benzene rings is 2. The lowest BCUT2D eigenvalue weighted by molar-refractivity contribution is -0.917. The number of nitrogens with one attached hydrogen (secondary N) is 1. The highest BCUT2D eigenvalue weighted by molar-refractivity contribution is 7.89. The maximum absolute atomic E-state index is 13.0. The van der Waals surface area contributed by atoms with E-state index in [-0.39, 0.29) is 10.8 Å². The highest BCUT2D eigenvalue weighted by Crippen LogP contribution is 2.22. The first-order valence-electron chi connectivity index (χ1n) is 10.8. The Labute approximate surface area is 179 Å². The van der Waals surface area contributed by atoms with Crippen LogP contribution in [0.2, 0.25) is 0 Å². The Bertz CT molecular complexity index is 964. The predicted octanol–water partition coefficient (Wildman–Crippen LogP) is 1.40. The number of carbonyl (C=O) groups excluding carboxylic acids is 1. The Morgan fingerprint density at radius 3 is 2.27 bits per heavy atom. The minimum absolute atomic E-state index is 0.0792. The van der Waals surface area contributed by atoms with Crippen molar-refractivity contribution in [3.63, 3.8) is 0 Å². The summed E-state index contributed by atoms with van der Waals surface area (Å²) in [6.07, 6.45) is 2.86. The molecule has 6 nitrogen and oxygen atoms in total. The van der Waals surface area contributed by atoms with Crippen LogP contribution in [0, 0.1) is 0 Å². The number of quaternary nitrogens is 1. The Hall–Kier alpha value is -2.22. The standard InChI is InChI=1S/C23H29N3O3S/c27-23(25-16-14-24(15-17-25)19-20-8-3-1-4-9-20)21-10-7-11-22(18-21)30(28,29)26-12-5-2-6-13-26/h1,3-4,7-11,18H,2,5-6,12-17,19H2/p+1. The number of hydrogen-bond acceptors (Lipinski definition) is 3. The van der Waals surface area contributed by atoms with Crippen molar-refractivity contribution in [2.45, 2.75) is 30.7 Å². The van der Waals surface area contributed by atoms with Crippen LogP contribution in [0.1, 0.15) is 35.2 Å². The molecule has 1 amide bonds. The van der Waals surface area contributed by atoms with Crippen LogP contribution in [-0.4, -0.2) is 62.8 Å². The zero-order chi connectivity index (χ0) is 21.0. The number of piperazine rings is 1. The van der Waals surface area contributed by atoms with Gasteiger partial charge in [-0.25, -0.2) is 8.42 Å². The molecule has 0 aromatic heterocycles. The first-order chi connectivity index (χ1) is 14.5. The van der Waals surface area contributed by atoms with E-state index in [0.717, 1.165) is 38.9 Å². The molecule has 0 bridgehead atoms. The van der Waals surface area contributed by atoms with Gasteiger partial charge in [0.15, 0.2) is 0 Å². The molecule has 2 aliphatic heterocycles. The van der Waals surface area contributed by atoms with Crippen LogP contribution in [0.5, 0.6) is 0 Å². The molecule has 0 aliphatic carbocycles. The molecule has 2 aromatic rings. The summed E-state index contributed by atoms with van der Waals surface area (Å²) in [4.78, 5) is 16.6. The van der Waals surface area contributed by atoms with Gasteiger partial charge >= 0.3 is 0 Å². The van der Waals surface area contributed by atoms with Gasteiger partial charge in [-0.1, -0.05) is 42.8 Å². The van der Waals surface area contributed by atoms with Crippen molar-refractivity contribution >= 4 is 15.9 Å². The van der Waals surface area contributed by atoms with Crippen LogP contribution in [-0.2, 0) is 16.6 Å². The predicted molar refractivity (Wildman–Crippen MR) is 116 cm³/mol. The van der Waals surface area contributed by atoms with Crippen LogP contribution in [0.3, 0.4) is 0 Å². The second-order valence-corrected chi connectivity index (χ2v) is 10.1. The van der Waals surface area contributed by atoms with Gasteiger partial charge in [0.05, 0.1) is 31.1 Å². The molecule has 4 rings (SSSR count). The van der Waals surface area contributed by atoms with Gasteiger partial charge in [-0.3, -0.25) is 4.79 Å². The first-order valence-corrected chi connectivity index (χ1v) is 12.2. The summed E-state index contributed by atoms with van der Waals surface area (Å²) in [5.74, 6) is -0.0792. The average Bonchev–Trinajstić information content (AvgIpc) is 2.80. The van der Waals surface area contributed by atoms with Gasteiger partial charge in [-0.2, -0.15) is 4.31 Å². The van der Waals surface area contributed by atoms with Crippen molar-refractivity contribution in [3.05, 3.63) is 65.7 Å². The number of sulfonamides is 1. The molecule has 7 heteroatoms. The van der Waals surface area contributed by atoms with Gasteiger partial charge < -0.3 is 9.80 Å². The second kappa shape index (κ2) is 9.29. The summed E-state index contributed by atoms with van der Waals surface area (Å²) in [7, 11) is -3.53. The van der Waals surface area contributed by atoms with E-state index in [1.165, 1.54) is 10.5 Å². The van der Waals surface area contributed by atoms with E-state index in [4.69, 9.17) is 0 Å². The lowest BCUT2D eigenvalue weighted by Crippen LogP contribution is -3.13. The summed E-state index contributed by atoms with van der Waals surface area (Å²) < 4.78 is 27.5. The molecule has 2 aromatic carbocycles. The molecule has 0 unspecified atom stereocenters. The molecule has 0 atom stereocenters. The molecule has 1 N–H and O–H groups in total. The topological polar surface area (TPSA) is 62.1 Å². The summed E-state index contributed by atoms with van der Waals surface area (Å²) in [6, 6.07) is 17.0. The third kappa shape index (κ3) is 4.74. The molecule has 0 saturated carbocycles. The van der Waals surface area contributed by atoms with Crippen LogP contribution in [0.15, 0.2) is 59.5 Å². The van der Waals surface area contributed by atoms with Crippen molar-refractivity contribution in [2.75, 3.05) is 39.3 Å². The van der Waals surface area contributed by atoms with Crippen LogP contribution in [0.4, 0.5) is 0 Å². The van der Waals surface area contributed by atoms with Crippen LogP contribution in [0.25, 0.3) is 0 Å². The zero-order valence-electron chi connectivity index (χ0n) is 17.3. The minimum atomic E-state index is -3.53. The van der Waals surface area contributed by atoms with E-state index in [9.17, 15) is 13.2 Å². The van der Waals surface area contributed by atoms with Crippen molar-refractivity contribution in [1.82, 2.24) is 9.21 Å². The quantitative estimate of drug-likeness (QED) is 0.783. The number of carbonyl (C=O) groups is 1. The molecule has 160 valence electrons. The molecule has 2 saturated heterocycles. The Morgan fingerprint density at radius 2 is 1.57 bits per heavy atom. The summed E-state index contributed by atoms with van der Waals surface area (Å²) in [6.45, 7) is 5.25. The molecule has 2 heterocycles. The Morgan fingerprint density at radius 1 is 0.867 bits per heavy atom. The number of piperidine rings is 1. The van der Waals surface area contributed by atoms with Crippen LogP contribution >= 0.6 is 0 Å². The van der Waals surface area contributed by atoms with Gasteiger partial charge in [0, 0.05) is 24.2 Å². The van der Waals surface area contributed by atoms with Crippen molar-refractivity contribution in [1.29, 1.82) is 0 Å². The van der Waals surface area contributed by atoms with Crippen molar-refractivity contribution < 1.29 is 18.1 Å². The van der Waals surface area contributed by atoms with E-state index < -0.39 is 10.0 Å². The number of nitrogens with zero attached hydrogens (tertiary/aromatic N) is 2. The van der Waals surface area contributed by atoms with E-state index in [1.807, 2.05) is 11.0 Å². The lowest BCUT2D eigenvalue weighted by Gasteiger charge is -2.32. The van der Waals surface area contributed by atoms with Gasteiger partial charge in [-0.05, 0) is 31.0 Å².